The monoisotopic (exact) mass is 465 g/mol. The van der Waals surface area contributed by atoms with Crippen LogP contribution in [0.5, 0.6) is 11.5 Å². The molecule has 0 radical (unpaired) electrons. The maximum Gasteiger partial charge on any atom is 0.262 e. The van der Waals surface area contributed by atoms with Crippen LogP contribution in [0.15, 0.2) is 72.8 Å². The highest BCUT2D eigenvalue weighted by Crippen LogP contribution is 2.19. The smallest absolute Gasteiger partial charge is 0.262 e. The number of hydrogen-bond acceptors (Lipinski definition) is 5. The van der Waals surface area contributed by atoms with Gasteiger partial charge in [0.05, 0.1) is 13.2 Å². The third kappa shape index (κ3) is 7.05. The topological polar surface area (TPSA) is 79.9 Å². The minimum absolute atomic E-state index is 0.176. The van der Waals surface area contributed by atoms with Crippen LogP contribution in [-0.4, -0.2) is 51.1 Å². The van der Waals surface area contributed by atoms with Gasteiger partial charge in [-0.15, -0.1) is 0 Å². The zero-order valence-corrected chi connectivity index (χ0v) is 19.4. The number of benzene rings is 3. The normalized spacial score (nSPS) is 11.6. The lowest BCUT2D eigenvalue weighted by atomic mass is 10.1. The molecule has 178 valence electrons. The van der Waals surface area contributed by atoms with Gasteiger partial charge in [-0.25, -0.2) is 4.39 Å². The van der Waals surface area contributed by atoms with E-state index in [1.165, 1.54) is 12.1 Å². The molecule has 34 heavy (non-hydrogen) atoms. The van der Waals surface area contributed by atoms with E-state index in [4.69, 9.17) is 9.47 Å². The van der Waals surface area contributed by atoms with Gasteiger partial charge in [0.15, 0.2) is 6.61 Å². The zero-order valence-electron chi connectivity index (χ0n) is 19.4. The van der Waals surface area contributed by atoms with Crippen LogP contribution in [-0.2, 0) is 4.79 Å². The maximum absolute atomic E-state index is 13.6. The number of amides is 2. The van der Waals surface area contributed by atoms with E-state index >= 15 is 0 Å². The summed E-state index contributed by atoms with van der Waals surface area (Å²) in [5.41, 5.74) is 1.83. The molecule has 7 nitrogen and oxygen atoms in total. The number of anilines is 1. The Kier molecular flexibility index (Phi) is 8.59. The lowest BCUT2D eigenvalue weighted by molar-refractivity contribution is -0.118. The van der Waals surface area contributed by atoms with E-state index in [0.29, 0.717) is 29.3 Å². The number of nitrogens with one attached hydrogen (secondary N) is 2. The van der Waals surface area contributed by atoms with Crippen LogP contribution >= 0.6 is 0 Å². The highest BCUT2D eigenvalue weighted by Gasteiger charge is 2.16. The van der Waals surface area contributed by atoms with Crippen molar-refractivity contribution in [2.45, 2.75) is 6.04 Å². The van der Waals surface area contributed by atoms with Crippen molar-refractivity contribution in [3.63, 3.8) is 0 Å². The number of methoxy groups -OCH3 is 1. The molecule has 0 bridgehead atoms. The van der Waals surface area contributed by atoms with Crippen molar-refractivity contribution < 1.29 is 23.5 Å². The first-order valence-electron chi connectivity index (χ1n) is 10.7. The Morgan fingerprint density at radius 1 is 0.971 bits per heavy atom. The first kappa shape index (κ1) is 24.7. The average molecular weight is 466 g/mol. The molecule has 0 spiro atoms. The SMILES string of the molecule is COc1cccc(NC(=O)COc2ccc(C(=O)NCC(c3cccc(F)c3)N(C)C)cc2)c1. The van der Waals surface area contributed by atoms with Crippen LogP contribution in [0.3, 0.4) is 0 Å². The lowest BCUT2D eigenvalue weighted by Gasteiger charge is -2.25. The molecule has 3 aromatic rings. The fourth-order valence-electron chi connectivity index (χ4n) is 3.35. The summed E-state index contributed by atoms with van der Waals surface area (Å²) >= 11 is 0. The van der Waals surface area contributed by atoms with Crippen LogP contribution in [0.4, 0.5) is 10.1 Å². The molecule has 0 aromatic heterocycles. The van der Waals surface area contributed by atoms with Gasteiger partial charge in [-0.2, -0.15) is 0 Å². The van der Waals surface area contributed by atoms with Crippen molar-refractivity contribution in [3.05, 3.63) is 89.7 Å². The lowest BCUT2D eigenvalue weighted by Crippen LogP contribution is -2.34. The summed E-state index contributed by atoms with van der Waals surface area (Å²) in [5.74, 6) is 0.208. The molecule has 0 heterocycles. The predicted molar refractivity (Wildman–Crippen MR) is 129 cm³/mol. The maximum atomic E-state index is 13.6. The minimum Gasteiger partial charge on any atom is -0.497 e. The number of nitrogens with zero attached hydrogens (tertiary/aromatic N) is 1. The minimum atomic E-state index is -0.317. The van der Waals surface area contributed by atoms with Gasteiger partial charge in [-0.05, 0) is 68.2 Å². The van der Waals surface area contributed by atoms with Crippen LogP contribution in [0.2, 0.25) is 0 Å². The van der Waals surface area contributed by atoms with Gasteiger partial charge >= 0.3 is 0 Å². The van der Waals surface area contributed by atoms with Crippen molar-refractivity contribution in [1.82, 2.24) is 10.2 Å². The van der Waals surface area contributed by atoms with Crippen molar-refractivity contribution in [2.75, 3.05) is 39.7 Å². The second-order valence-electron chi connectivity index (χ2n) is 7.84. The molecule has 0 aliphatic rings. The van der Waals surface area contributed by atoms with Gasteiger partial charge in [-0.1, -0.05) is 18.2 Å². The first-order chi connectivity index (χ1) is 16.4. The summed E-state index contributed by atoms with van der Waals surface area (Å²) in [4.78, 5) is 26.6. The van der Waals surface area contributed by atoms with E-state index in [0.717, 1.165) is 5.56 Å². The highest BCUT2D eigenvalue weighted by atomic mass is 19.1. The second-order valence-corrected chi connectivity index (χ2v) is 7.84. The molecule has 2 amide bonds. The van der Waals surface area contributed by atoms with Gasteiger partial charge in [0.1, 0.15) is 17.3 Å². The Labute approximate surface area is 198 Å². The van der Waals surface area contributed by atoms with Crippen molar-refractivity contribution in [3.8, 4) is 11.5 Å². The van der Waals surface area contributed by atoms with Crippen LogP contribution < -0.4 is 20.1 Å². The van der Waals surface area contributed by atoms with Gasteiger partial charge in [0.2, 0.25) is 0 Å². The van der Waals surface area contributed by atoms with E-state index in [1.54, 1.807) is 61.7 Å². The fraction of sp³-hybridized carbons (Fsp3) is 0.231. The zero-order chi connectivity index (χ0) is 24.5. The van der Waals surface area contributed by atoms with Crippen molar-refractivity contribution in [1.29, 1.82) is 0 Å². The fourth-order valence-corrected chi connectivity index (χ4v) is 3.35. The molecule has 0 fully saturated rings. The third-order valence-corrected chi connectivity index (χ3v) is 5.15. The number of ether oxygens (including phenoxy) is 2. The third-order valence-electron chi connectivity index (χ3n) is 5.15. The number of carbonyl (C=O) groups is 2. The number of hydrogen-bond donors (Lipinski definition) is 2. The van der Waals surface area contributed by atoms with E-state index < -0.39 is 0 Å². The molecule has 2 N–H and O–H groups in total. The second kappa shape index (κ2) is 11.8. The van der Waals surface area contributed by atoms with Crippen molar-refractivity contribution in [2.24, 2.45) is 0 Å². The Balaban J connectivity index is 1.51. The molecule has 0 saturated carbocycles. The quantitative estimate of drug-likeness (QED) is 0.475. The molecule has 0 aliphatic carbocycles. The summed E-state index contributed by atoms with van der Waals surface area (Å²) in [6, 6.07) is 19.7. The van der Waals surface area contributed by atoms with E-state index in [9.17, 15) is 14.0 Å². The van der Waals surface area contributed by atoms with Gasteiger partial charge in [-0.3, -0.25) is 9.59 Å². The van der Waals surface area contributed by atoms with Crippen LogP contribution in [0, 0.1) is 5.82 Å². The Hall–Kier alpha value is -3.91. The molecule has 3 rings (SSSR count). The number of carbonyl (C=O) groups excluding carboxylic acids is 2. The summed E-state index contributed by atoms with van der Waals surface area (Å²) in [5, 5.41) is 5.62. The summed E-state index contributed by atoms with van der Waals surface area (Å²) in [6.45, 7) is 0.138. The van der Waals surface area contributed by atoms with Gasteiger partial charge < -0.3 is 25.0 Å². The summed E-state index contributed by atoms with van der Waals surface area (Å²) < 4.78 is 24.2. The molecule has 0 saturated heterocycles. The largest absolute Gasteiger partial charge is 0.497 e. The molecule has 0 aliphatic heterocycles. The predicted octanol–water partition coefficient (Wildman–Crippen LogP) is 3.88. The molecular formula is C26H28FN3O4. The van der Waals surface area contributed by atoms with Crippen molar-refractivity contribution >= 4 is 17.5 Å². The van der Waals surface area contributed by atoms with E-state index in [2.05, 4.69) is 10.6 Å². The van der Waals surface area contributed by atoms with E-state index in [-0.39, 0.29) is 30.3 Å². The van der Waals surface area contributed by atoms with E-state index in [1.807, 2.05) is 25.1 Å². The highest BCUT2D eigenvalue weighted by molar-refractivity contribution is 5.94. The van der Waals surface area contributed by atoms with Gasteiger partial charge in [0.25, 0.3) is 11.8 Å². The molecule has 8 heteroatoms. The molecular weight excluding hydrogens is 437 g/mol. The molecule has 3 aromatic carbocycles. The summed E-state index contributed by atoms with van der Waals surface area (Å²) in [7, 11) is 5.30. The van der Waals surface area contributed by atoms with Gasteiger partial charge in [0, 0.05) is 23.9 Å². The number of rotatable bonds is 10. The standard InChI is InChI=1S/C26H28FN3O4/c1-30(2)24(19-6-4-7-20(27)14-19)16-28-26(32)18-10-12-22(13-11-18)34-17-25(31)29-21-8-5-9-23(15-21)33-3/h4-15,24H,16-17H2,1-3H3,(H,28,32)(H,29,31). The first-order valence-corrected chi connectivity index (χ1v) is 10.7. The summed E-state index contributed by atoms with van der Waals surface area (Å²) in [6.07, 6.45) is 0. The Morgan fingerprint density at radius 3 is 2.38 bits per heavy atom. The number of likely N-dealkylation sites (N-methyl/N-ethyl adjacent to an activating group) is 1. The Bertz CT molecular complexity index is 1120. The molecule has 1 atom stereocenters. The molecule has 1 unspecified atom stereocenters. The Morgan fingerprint density at radius 2 is 1.71 bits per heavy atom. The van der Waals surface area contributed by atoms with Crippen LogP contribution in [0.25, 0.3) is 0 Å². The number of halogens is 1. The average Bonchev–Trinajstić information content (AvgIpc) is 2.83. The van der Waals surface area contributed by atoms with Crippen LogP contribution in [0.1, 0.15) is 22.0 Å².